The molecule has 0 saturated heterocycles. The number of anilines is 1. The standard InChI is InChI=1S/C15H20N2S2/c1-2-3-10-17(12-13-7-6-11-18-13)19-15-9-5-4-8-14(15)16/h4-9,11H,2-3,10,12,16H2,1H3. The molecule has 0 aliphatic rings. The lowest BCUT2D eigenvalue weighted by Gasteiger charge is -2.20. The number of hydrogen-bond acceptors (Lipinski definition) is 4. The lowest BCUT2D eigenvalue weighted by molar-refractivity contribution is 0.456. The number of unbranched alkanes of at least 4 members (excludes halogenated alkanes) is 1. The maximum Gasteiger partial charge on any atom is 0.0465 e. The van der Waals surface area contributed by atoms with Gasteiger partial charge in [0, 0.05) is 28.5 Å². The molecule has 2 rings (SSSR count). The van der Waals surface area contributed by atoms with Gasteiger partial charge in [0.25, 0.3) is 0 Å². The van der Waals surface area contributed by atoms with Crippen LogP contribution in [-0.4, -0.2) is 10.8 Å². The van der Waals surface area contributed by atoms with E-state index in [2.05, 4.69) is 34.8 Å². The first-order valence-electron chi connectivity index (χ1n) is 6.59. The number of nitrogens with two attached hydrogens (primary N) is 1. The van der Waals surface area contributed by atoms with Gasteiger partial charge in [-0.1, -0.05) is 31.5 Å². The van der Waals surface area contributed by atoms with Crippen molar-refractivity contribution >= 4 is 29.0 Å². The van der Waals surface area contributed by atoms with E-state index in [0.29, 0.717) is 0 Å². The second-order valence-electron chi connectivity index (χ2n) is 4.43. The zero-order chi connectivity index (χ0) is 13.5. The van der Waals surface area contributed by atoms with Crippen molar-refractivity contribution in [3.63, 3.8) is 0 Å². The van der Waals surface area contributed by atoms with Crippen molar-refractivity contribution < 1.29 is 0 Å². The Morgan fingerprint density at radius 2 is 2.05 bits per heavy atom. The van der Waals surface area contributed by atoms with Crippen LogP contribution in [0, 0.1) is 0 Å². The normalized spacial score (nSPS) is 11.1. The molecule has 102 valence electrons. The summed E-state index contributed by atoms with van der Waals surface area (Å²) in [6.07, 6.45) is 2.43. The number of thiophene rings is 1. The molecule has 1 heterocycles. The third-order valence-corrected chi connectivity index (χ3v) is 4.82. The summed E-state index contributed by atoms with van der Waals surface area (Å²) < 4.78 is 2.40. The van der Waals surface area contributed by atoms with E-state index in [0.717, 1.165) is 23.7 Å². The summed E-state index contributed by atoms with van der Waals surface area (Å²) >= 11 is 3.58. The summed E-state index contributed by atoms with van der Waals surface area (Å²) in [6.45, 7) is 4.30. The first-order chi connectivity index (χ1) is 9.29. The van der Waals surface area contributed by atoms with Gasteiger partial charge in [-0.15, -0.1) is 11.3 Å². The largest absolute Gasteiger partial charge is 0.398 e. The molecule has 4 heteroatoms. The minimum atomic E-state index is 0.861. The van der Waals surface area contributed by atoms with Crippen LogP contribution in [0.15, 0.2) is 46.7 Å². The van der Waals surface area contributed by atoms with E-state index in [-0.39, 0.29) is 0 Å². The van der Waals surface area contributed by atoms with Gasteiger partial charge >= 0.3 is 0 Å². The smallest absolute Gasteiger partial charge is 0.0465 e. The quantitative estimate of drug-likeness (QED) is 0.595. The van der Waals surface area contributed by atoms with Crippen LogP contribution in [-0.2, 0) is 6.54 Å². The van der Waals surface area contributed by atoms with Crippen molar-refractivity contribution in [1.82, 2.24) is 4.31 Å². The van der Waals surface area contributed by atoms with Gasteiger partial charge in [0.1, 0.15) is 0 Å². The molecule has 2 aromatic rings. The van der Waals surface area contributed by atoms with Crippen LogP contribution >= 0.6 is 23.3 Å². The monoisotopic (exact) mass is 292 g/mol. The number of rotatable bonds is 7. The van der Waals surface area contributed by atoms with E-state index in [9.17, 15) is 0 Å². The van der Waals surface area contributed by atoms with Crippen LogP contribution in [0.4, 0.5) is 5.69 Å². The minimum Gasteiger partial charge on any atom is -0.398 e. The average molecular weight is 292 g/mol. The Hall–Kier alpha value is -0.970. The number of nitrogen functional groups attached to an aromatic ring is 1. The SMILES string of the molecule is CCCCN(Cc1cccs1)Sc1ccccc1N. The third-order valence-electron chi connectivity index (χ3n) is 2.82. The fourth-order valence-electron chi connectivity index (χ4n) is 1.77. The molecule has 0 aliphatic carbocycles. The zero-order valence-electron chi connectivity index (χ0n) is 11.2. The molecule has 2 nitrogen and oxygen atoms in total. The molecule has 0 atom stereocenters. The summed E-state index contributed by atoms with van der Waals surface area (Å²) in [5.74, 6) is 0. The van der Waals surface area contributed by atoms with Gasteiger partial charge in [0.2, 0.25) is 0 Å². The van der Waals surface area contributed by atoms with E-state index in [1.165, 1.54) is 17.7 Å². The Balaban J connectivity index is 2.03. The van der Waals surface area contributed by atoms with Gasteiger partial charge in [-0.2, -0.15) is 0 Å². The highest BCUT2D eigenvalue weighted by Gasteiger charge is 2.10. The van der Waals surface area contributed by atoms with Gasteiger partial charge in [-0.25, -0.2) is 4.31 Å². The topological polar surface area (TPSA) is 29.3 Å². The molecular weight excluding hydrogens is 272 g/mol. The molecule has 0 spiro atoms. The Morgan fingerprint density at radius 1 is 1.21 bits per heavy atom. The van der Waals surface area contributed by atoms with Crippen LogP contribution in [0.1, 0.15) is 24.6 Å². The lowest BCUT2D eigenvalue weighted by atomic mass is 10.3. The van der Waals surface area contributed by atoms with Crippen LogP contribution in [0.25, 0.3) is 0 Å². The van der Waals surface area contributed by atoms with E-state index < -0.39 is 0 Å². The summed E-state index contributed by atoms with van der Waals surface area (Å²) in [5.41, 5.74) is 6.89. The van der Waals surface area contributed by atoms with E-state index >= 15 is 0 Å². The van der Waals surface area contributed by atoms with Crippen LogP contribution in [0.5, 0.6) is 0 Å². The molecule has 0 saturated carbocycles. The summed E-state index contributed by atoms with van der Waals surface area (Å²) in [5, 5.41) is 2.13. The maximum absolute atomic E-state index is 6.03. The molecule has 2 N–H and O–H groups in total. The number of nitrogens with zero attached hydrogens (tertiary/aromatic N) is 1. The first-order valence-corrected chi connectivity index (χ1v) is 8.24. The second-order valence-corrected chi connectivity index (χ2v) is 6.60. The summed E-state index contributed by atoms with van der Waals surface area (Å²) in [7, 11) is 0. The molecule has 0 unspecified atom stereocenters. The van der Waals surface area contributed by atoms with Crippen molar-refractivity contribution in [2.24, 2.45) is 0 Å². The minimum absolute atomic E-state index is 0.861. The van der Waals surface area contributed by atoms with Gasteiger partial charge < -0.3 is 5.73 Å². The first kappa shape index (κ1) is 14.4. The Morgan fingerprint density at radius 3 is 2.74 bits per heavy atom. The number of hydrogen-bond donors (Lipinski definition) is 1. The Labute approximate surface area is 123 Å². The van der Waals surface area contributed by atoms with E-state index in [1.807, 2.05) is 29.5 Å². The van der Waals surface area contributed by atoms with Crippen LogP contribution in [0.2, 0.25) is 0 Å². The lowest BCUT2D eigenvalue weighted by Crippen LogP contribution is -2.16. The Bertz CT molecular complexity index is 483. The molecule has 0 radical (unpaired) electrons. The maximum atomic E-state index is 6.03. The summed E-state index contributed by atoms with van der Waals surface area (Å²) in [6, 6.07) is 12.4. The predicted molar refractivity (Wildman–Crippen MR) is 86.3 cm³/mol. The van der Waals surface area contributed by atoms with Crippen molar-refractivity contribution in [2.75, 3.05) is 12.3 Å². The van der Waals surface area contributed by atoms with E-state index in [4.69, 9.17) is 5.73 Å². The molecule has 0 amide bonds. The van der Waals surface area contributed by atoms with Crippen molar-refractivity contribution in [1.29, 1.82) is 0 Å². The van der Waals surface area contributed by atoms with Crippen molar-refractivity contribution in [2.45, 2.75) is 31.2 Å². The van der Waals surface area contributed by atoms with E-state index in [1.54, 1.807) is 11.9 Å². The molecule has 1 aromatic heterocycles. The molecular formula is C15H20N2S2. The highest BCUT2D eigenvalue weighted by Crippen LogP contribution is 2.30. The molecule has 1 aromatic carbocycles. The molecule has 0 aliphatic heterocycles. The molecule has 19 heavy (non-hydrogen) atoms. The average Bonchev–Trinajstić information content (AvgIpc) is 2.91. The van der Waals surface area contributed by atoms with Gasteiger partial charge in [-0.3, -0.25) is 0 Å². The van der Waals surface area contributed by atoms with Gasteiger partial charge in [0.05, 0.1) is 0 Å². The highest BCUT2D eigenvalue weighted by atomic mass is 32.2. The highest BCUT2D eigenvalue weighted by molar-refractivity contribution is 7.97. The molecule has 0 bridgehead atoms. The fraction of sp³-hybridized carbons (Fsp3) is 0.333. The van der Waals surface area contributed by atoms with Gasteiger partial charge in [-0.05, 0) is 41.9 Å². The van der Waals surface area contributed by atoms with Crippen LogP contribution in [0.3, 0.4) is 0 Å². The number of benzene rings is 1. The number of para-hydroxylation sites is 1. The van der Waals surface area contributed by atoms with Crippen molar-refractivity contribution in [3.05, 3.63) is 46.7 Å². The third kappa shape index (κ3) is 4.56. The van der Waals surface area contributed by atoms with Crippen molar-refractivity contribution in [3.8, 4) is 0 Å². The summed E-state index contributed by atoms with van der Waals surface area (Å²) in [4.78, 5) is 2.55. The Kier molecular flexibility index (Phi) is 5.76. The fourth-order valence-corrected chi connectivity index (χ4v) is 3.59. The second kappa shape index (κ2) is 7.58. The zero-order valence-corrected chi connectivity index (χ0v) is 12.8. The predicted octanol–water partition coefficient (Wildman–Crippen LogP) is 4.64. The van der Waals surface area contributed by atoms with Crippen LogP contribution < -0.4 is 5.73 Å². The van der Waals surface area contributed by atoms with Gasteiger partial charge in [0.15, 0.2) is 0 Å². The molecule has 0 fully saturated rings.